The molecule has 0 aromatic rings. The summed E-state index contributed by atoms with van der Waals surface area (Å²) in [5, 5.41) is 0. The lowest BCUT2D eigenvalue weighted by molar-refractivity contribution is -0.142. The Bertz CT molecular complexity index is 394. The zero-order valence-corrected chi connectivity index (χ0v) is 11.4. The third-order valence-electron chi connectivity index (χ3n) is 2.04. The van der Waals surface area contributed by atoms with Gasteiger partial charge in [0.1, 0.15) is 11.6 Å². The first-order valence-corrected chi connectivity index (χ1v) is 5.84. The van der Waals surface area contributed by atoms with Gasteiger partial charge in [-0.1, -0.05) is 0 Å². The molecule has 6 nitrogen and oxygen atoms in total. The van der Waals surface area contributed by atoms with Crippen molar-refractivity contribution in [3.8, 4) is 0 Å². The van der Waals surface area contributed by atoms with E-state index in [2.05, 4.69) is 0 Å². The molecular formula is C13H18O6. The van der Waals surface area contributed by atoms with E-state index in [1.54, 1.807) is 0 Å². The summed E-state index contributed by atoms with van der Waals surface area (Å²) in [5.74, 6) is -1.55. The topological polar surface area (TPSA) is 86.7 Å². The number of hydrogen-bond donors (Lipinski definition) is 0. The van der Waals surface area contributed by atoms with Crippen LogP contribution in [-0.2, 0) is 28.7 Å². The molecule has 0 aromatic carbocycles. The van der Waals surface area contributed by atoms with Crippen LogP contribution in [0, 0.1) is 0 Å². The van der Waals surface area contributed by atoms with Crippen LogP contribution in [0.3, 0.4) is 0 Å². The number of rotatable bonds is 8. The van der Waals surface area contributed by atoms with Crippen molar-refractivity contribution in [1.29, 1.82) is 0 Å². The molecule has 0 atom stereocenters. The molecule has 0 aliphatic heterocycles. The zero-order chi connectivity index (χ0) is 14.8. The second kappa shape index (κ2) is 9.02. The molecular weight excluding hydrogens is 252 g/mol. The van der Waals surface area contributed by atoms with Gasteiger partial charge in [-0.05, 0) is 20.8 Å². The smallest absolute Gasteiger partial charge is 0.333 e. The third kappa shape index (κ3) is 9.70. The first kappa shape index (κ1) is 17.0. The van der Waals surface area contributed by atoms with Crippen LogP contribution >= 0.6 is 0 Å². The third-order valence-corrected chi connectivity index (χ3v) is 2.04. The van der Waals surface area contributed by atoms with Gasteiger partial charge in [0.25, 0.3) is 0 Å². The van der Waals surface area contributed by atoms with E-state index in [-0.39, 0.29) is 43.2 Å². The van der Waals surface area contributed by atoms with Gasteiger partial charge in [-0.2, -0.15) is 0 Å². The Balaban J connectivity index is 4.08. The van der Waals surface area contributed by atoms with Gasteiger partial charge in [0, 0.05) is 24.5 Å². The van der Waals surface area contributed by atoms with Crippen molar-refractivity contribution in [1.82, 2.24) is 0 Å². The van der Waals surface area contributed by atoms with E-state index in [9.17, 15) is 19.2 Å². The van der Waals surface area contributed by atoms with Crippen LogP contribution in [0.4, 0.5) is 0 Å². The Labute approximate surface area is 111 Å². The highest BCUT2D eigenvalue weighted by Gasteiger charge is 2.09. The van der Waals surface area contributed by atoms with Crippen LogP contribution in [0.5, 0.6) is 0 Å². The fraction of sp³-hybridized carbons (Fsp3) is 0.538. The normalized spacial score (nSPS) is 10.8. The molecule has 0 bridgehead atoms. The van der Waals surface area contributed by atoms with Crippen LogP contribution in [0.1, 0.15) is 33.6 Å². The Kier molecular flexibility index (Phi) is 8.08. The quantitative estimate of drug-likeness (QED) is 0.482. The number of Topliss-reactive ketones (excluding diaryl/α,β-unsaturated/α-hetero) is 2. The molecule has 106 valence electrons. The fourth-order valence-corrected chi connectivity index (χ4v) is 0.974. The molecule has 6 heteroatoms. The summed E-state index contributed by atoms with van der Waals surface area (Å²) in [4.78, 5) is 43.9. The second-order valence-corrected chi connectivity index (χ2v) is 4.03. The van der Waals surface area contributed by atoms with E-state index in [1.165, 1.54) is 20.8 Å². The molecule has 0 fully saturated rings. The number of ketones is 2. The SMILES string of the molecule is CC(=O)CCOC(=O)/C=C(/C)C(=O)OCCC(C)=O. The van der Waals surface area contributed by atoms with Gasteiger partial charge < -0.3 is 9.47 Å². The van der Waals surface area contributed by atoms with E-state index in [0.29, 0.717) is 0 Å². The number of carbonyl (C=O) groups excluding carboxylic acids is 4. The van der Waals surface area contributed by atoms with Gasteiger partial charge in [-0.15, -0.1) is 0 Å². The molecule has 0 unspecified atom stereocenters. The Hall–Kier alpha value is -1.98. The number of ether oxygens (including phenoxy) is 2. The molecule has 19 heavy (non-hydrogen) atoms. The van der Waals surface area contributed by atoms with E-state index in [4.69, 9.17) is 9.47 Å². The summed E-state index contributed by atoms with van der Waals surface area (Å²) in [7, 11) is 0. The van der Waals surface area contributed by atoms with Crippen molar-refractivity contribution in [3.63, 3.8) is 0 Å². The average molecular weight is 270 g/mol. The predicted molar refractivity (Wildman–Crippen MR) is 66.3 cm³/mol. The highest BCUT2D eigenvalue weighted by molar-refractivity contribution is 5.96. The molecule has 0 N–H and O–H groups in total. The van der Waals surface area contributed by atoms with Crippen molar-refractivity contribution in [2.75, 3.05) is 13.2 Å². The van der Waals surface area contributed by atoms with Crippen LogP contribution in [0.25, 0.3) is 0 Å². The van der Waals surface area contributed by atoms with Crippen molar-refractivity contribution in [2.45, 2.75) is 33.6 Å². The summed E-state index contributed by atoms with van der Waals surface area (Å²) in [5.41, 5.74) is 0.0800. The number of esters is 2. The van der Waals surface area contributed by atoms with Crippen LogP contribution in [-0.4, -0.2) is 36.7 Å². The second-order valence-electron chi connectivity index (χ2n) is 4.03. The minimum absolute atomic E-state index is 0.0151. The molecule has 0 radical (unpaired) electrons. The highest BCUT2D eigenvalue weighted by atomic mass is 16.5. The maximum Gasteiger partial charge on any atom is 0.333 e. The van der Waals surface area contributed by atoms with E-state index >= 15 is 0 Å². The summed E-state index contributed by atoms with van der Waals surface area (Å²) >= 11 is 0. The fourth-order valence-electron chi connectivity index (χ4n) is 0.974. The summed E-state index contributed by atoms with van der Waals surface area (Å²) in [6.07, 6.45) is 1.28. The van der Waals surface area contributed by atoms with Gasteiger partial charge in [0.2, 0.25) is 0 Å². The molecule has 0 saturated carbocycles. The maximum absolute atomic E-state index is 11.4. The Morgan fingerprint density at radius 3 is 1.79 bits per heavy atom. The molecule has 0 saturated heterocycles. The van der Waals surface area contributed by atoms with Gasteiger partial charge >= 0.3 is 11.9 Å². The van der Waals surface area contributed by atoms with Crippen molar-refractivity contribution in [2.24, 2.45) is 0 Å². The predicted octanol–water partition coefficient (Wildman–Crippen LogP) is 0.977. The number of hydrogen-bond acceptors (Lipinski definition) is 6. The molecule has 0 spiro atoms. The van der Waals surface area contributed by atoms with Crippen molar-refractivity contribution < 1.29 is 28.7 Å². The lowest BCUT2D eigenvalue weighted by Crippen LogP contribution is -2.12. The van der Waals surface area contributed by atoms with Gasteiger partial charge in [-0.3, -0.25) is 9.59 Å². The molecule has 0 amide bonds. The van der Waals surface area contributed by atoms with Gasteiger partial charge in [0.15, 0.2) is 0 Å². The summed E-state index contributed by atoms with van der Waals surface area (Å²) in [6, 6.07) is 0. The largest absolute Gasteiger partial charge is 0.462 e. The summed E-state index contributed by atoms with van der Waals surface area (Å²) < 4.78 is 9.49. The highest BCUT2D eigenvalue weighted by Crippen LogP contribution is 1.99. The lowest BCUT2D eigenvalue weighted by Gasteiger charge is -2.04. The molecule has 0 heterocycles. The standard InChI is InChI=1S/C13H18O6/c1-9(13(17)19-7-5-11(3)15)8-12(16)18-6-4-10(2)14/h8H,4-7H2,1-3H3/b9-8-. The van der Waals surface area contributed by atoms with Crippen LogP contribution in [0.15, 0.2) is 11.6 Å². The first-order chi connectivity index (χ1) is 8.82. The van der Waals surface area contributed by atoms with Crippen molar-refractivity contribution >= 4 is 23.5 Å². The van der Waals surface area contributed by atoms with Crippen molar-refractivity contribution in [3.05, 3.63) is 11.6 Å². The lowest BCUT2D eigenvalue weighted by atomic mass is 10.3. The minimum Gasteiger partial charge on any atom is -0.462 e. The average Bonchev–Trinajstić information content (AvgIpc) is 2.27. The summed E-state index contributed by atoms with van der Waals surface area (Å²) in [6.45, 7) is 4.16. The number of carbonyl (C=O) groups is 4. The Morgan fingerprint density at radius 2 is 1.32 bits per heavy atom. The molecule has 0 rings (SSSR count). The van der Waals surface area contributed by atoms with Gasteiger partial charge in [0.05, 0.1) is 13.2 Å². The monoisotopic (exact) mass is 270 g/mol. The molecule has 0 aliphatic rings. The Morgan fingerprint density at radius 1 is 0.842 bits per heavy atom. The van der Waals surface area contributed by atoms with E-state index in [0.717, 1.165) is 6.08 Å². The maximum atomic E-state index is 11.4. The van der Waals surface area contributed by atoms with Gasteiger partial charge in [-0.25, -0.2) is 9.59 Å². The van der Waals surface area contributed by atoms with E-state index in [1.807, 2.05) is 0 Å². The minimum atomic E-state index is -0.706. The molecule has 0 aliphatic carbocycles. The first-order valence-electron chi connectivity index (χ1n) is 5.84. The zero-order valence-electron chi connectivity index (χ0n) is 11.4. The van der Waals surface area contributed by atoms with Crippen LogP contribution < -0.4 is 0 Å². The van der Waals surface area contributed by atoms with Crippen LogP contribution in [0.2, 0.25) is 0 Å². The molecule has 0 aromatic heterocycles. The van der Waals surface area contributed by atoms with E-state index < -0.39 is 11.9 Å².